The fourth-order valence-corrected chi connectivity index (χ4v) is 3.47. The Labute approximate surface area is 184 Å². The smallest absolute Gasteiger partial charge is 0.422 e. The standard InChI is InChI=1S/C23H26F3N3O3/c24-23(25,26)17-32-20-9-4-6-18(14-20)15-27-21(30)16-28-10-5-11-29(13-12-28)22(31)19-7-2-1-3-8-19/h1-4,6-9,14H,5,10-13,15-17H2,(H,27,30). The normalized spacial score (nSPS) is 15.2. The van der Waals surface area contributed by atoms with Gasteiger partial charge in [-0.2, -0.15) is 13.2 Å². The lowest BCUT2D eigenvalue weighted by Crippen LogP contribution is -2.39. The van der Waals surface area contributed by atoms with Crippen molar-refractivity contribution >= 4 is 11.8 Å². The molecule has 2 amide bonds. The molecule has 0 bridgehead atoms. The molecule has 0 aliphatic carbocycles. The monoisotopic (exact) mass is 449 g/mol. The summed E-state index contributed by atoms with van der Waals surface area (Å²) in [4.78, 5) is 28.8. The quantitative estimate of drug-likeness (QED) is 0.706. The summed E-state index contributed by atoms with van der Waals surface area (Å²) < 4.78 is 41.6. The molecule has 9 heteroatoms. The minimum Gasteiger partial charge on any atom is -0.484 e. The van der Waals surface area contributed by atoms with Gasteiger partial charge in [0, 0.05) is 38.3 Å². The number of amides is 2. The Morgan fingerprint density at radius 1 is 0.969 bits per heavy atom. The fraction of sp³-hybridized carbons (Fsp3) is 0.391. The maximum Gasteiger partial charge on any atom is 0.422 e. The van der Waals surface area contributed by atoms with Crippen LogP contribution in [0.4, 0.5) is 13.2 Å². The SMILES string of the molecule is O=C(CN1CCCN(C(=O)c2ccccc2)CC1)NCc1cccc(OCC(F)(F)F)c1. The Bertz CT molecular complexity index is 906. The summed E-state index contributed by atoms with van der Waals surface area (Å²) in [5.41, 5.74) is 1.30. The minimum atomic E-state index is -4.40. The number of benzene rings is 2. The van der Waals surface area contributed by atoms with Crippen molar-refractivity contribution in [3.05, 3.63) is 65.7 Å². The van der Waals surface area contributed by atoms with Gasteiger partial charge in [-0.3, -0.25) is 14.5 Å². The third kappa shape index (κ3) is 7.56. The number of hydrogen-bond acceptors (Lipinski definition) is 4. The van der Waals surface area contributed by atoms with E-state index < -0.39 is 12.8 Å². The highest BCUT2D eigenvalue weighted by molar-refractivity contribution is 5.94. The molecule has 1 fully saturated rings. The Kier molecular flexibility index (Phi) is 8.10. The third-order valence-corrected chi connectivity index (χ3v) is 5.05. The van der Waals surface area contributed by atoms with Crippen LogP contribution in [0.1, 0.15) is 22.3 Å². The number of hydrogen-bond donors (Lipinski definition) is 1. The highest BCUT2D eigenvalue weighted by atomic mass is 19.4. The van der Waals surface area contributed by atoms with Gasteiger partial charge in [-0.25, -0.2) is 0 Å². The number of carbonyl (C=O) groups is 2. The average Bonchev–Trinajstić information content (AvgIpc) is 3.02. The van der Waals surface area contributed by atoms with E-state index in [4.69, 9.17) is 4.74 Å². The summed E-state index contributed by atoms with van der Waals surface area (Å²) in [7, 11) is 0. The number of alkyl halides is 3. The van der Waals surface area contributed by atoms with Crippen LogP contribution in [-0.2, 0) is 11.3 Å². The topological polar surface area (TPSA) is 61.9 Å². The second-order valence-electron chi connectivity index (χ2n) is 7.62. The third-order valence-electron chi connectivity index (χ3n) is 5.05. The Morgan fingerprint density at radius 3 is 2.50 bits per heavy atom. The second kappa shape index (κ2) is 11.0. The molecule has 1 aliphatic heterocycles. The molecule has 172 valence electrons. The molecule has 0 atom stereocenters. The van der Waals surface area contributed by atoms with Crippen LogP contribution in [0.15, 0.2) is 54.6 Å². The molecule has 6 nitrogen and oxygen atoms in total. The van der Waals surface area contributed by atoms with Crippen molar-refractivity contribution < 1.29 is 27.5 Å². The van der Waals surface area contributed by atoms with Gasteiger partial charge in [-0.15, -0.1) is 0 Å². The molecule has 0 radical (unpaired) electrons. The molecular weight excluding hydrogens is 423 g/mol. The number of rotatable bonds is 7. The Balaban J connectivity index is 1.44. The maximum atomic E-state index is 12.6. The van der Waals surface area contributed by atoms with Crippen LogP contribution in [0.5, 0.6) is 5.75 Å². The lowest BCUT2D eigenvalue weighted by Gasteiger charge is -2.22. The largest absolute Gasteiger partial charge is 0.484 e. The molecule has 0 saturated carbocycles. The van der Waals surface area contributed by atoms with Crippen molar-refractivity contribution in [2.45, 2.75) is 19.1 Å². The van der Waals surface area contributed by atoms with Crippen LogP contribution in [0.3, 0.4) is 0 Å². The number of ether oxygens (including phenoxy) is 1. The Hall–Kier alpha value is -3.07. The second-order valence-corrected chi connectivity index (χ2v) is 7.62. The number of nitrogens with one attached hydrogen (secondary N) is 1. The van der Waals surface area contributed by atoms with Crippen molar-refractivity contribution in [2.75, 3.05) is 39.3 Å². The van der Waals surface area contributed by atoms with Crippen molar-refractivity contribution in [1.29, 1.82) is 0 Å². The van der Waals surface area contributed by atoms with Crippen molar-refractivity contribution in [3.63, 3.8) is 0 Å². The van der Waals surface area contributed by atoms with E-state index in [-0.39, 0.29) is 30.7 Å². The van der Waals surface area contributed by atoms with Gasteiger partial charge in [0.2, 0.25) is 5.91 Å². The summed E-state index contributed by atoms with van der Waals surface area (Å²) in [6, 6.07) is 15.3. The molecule has 2 aromatic carbocycles. The van der Waals surface area contributed by atoms with E-state index in [0.717, 1.165) is 6.42 Å². The van der Waals surface area contributed by atoms with Gasteiger partial charge in [0.1, 0.15) is 5.75 Å². The lowest BCUT2D eigenvalue weighted by molar-refractivity contribution is -0.153. The minimum absolute atomic E-state index is 0.00970. The number of nitrogens with zero attached hydrogens (tertiary/aromatic N) is 2. The predicted molar refractivity (Wildman–Crippen MR) is 113 cm³/mol. The molecule has 3 rings (SSSR count). The van der Waals surface area contributed by atoms with E-state index in [1.54, 1.807) is 29.2 Å². The van der Waals surface area contributed by atoms with E-state index in [1.165, 1.54) is 12.1 Å². The summed E-state index contributed by atoms with van der Waals surface area (Å²) in [5, 5.41) is 2.79. The summed E-state index contributed by atoms with van der Waals surface area (Å²) in [6.07, 6.45) is -3.64. The van der Waals surface area contributed by atoms with Crippen LogP contribution < -0.4 is 10.1 Å². The van der Waals surface area contributed by atoms with E-state index in [0.29, 0.717) is 37.3 Å². The molecule has 1 N–H and O–H groups in total. The highest BCUT2D eigenvalue weighted by Crippen LogP contribution is 2.19. The zero-order valence-electron chi connectivity index (χ0n) is 17.6. The maximum absolute atomic E-state index is 12.6. The first-order valence-electron chi connectivity index (χ1n) is 10.4. The van der Waals surface area contributed by atoms with Crippen LogP contribution in [0.2, 0.25) is 0 Å². The first kappa shape index (κ1) is 23.6. The Morgan fingerprint density at radius 2 is 1.75 bits per heavy atom. The van der Waals surface area contributed by atoms with E-state index in [9.17, 15) is 22.8 Å². The van der Waals surface area contributed by atoms with Crippen LogP contribution in [-0.4, -0.2) is 67.1 Å². The number of halogens is 3. The van der Waals surface area contributed by atoms with Gasteiger partial charge >= 0.3 is 6.18 Å². The molecule has 1 aliphatic rings. The zero-order chi connectivity index (χ0) is 23.0. The van der Waals surface area contributed by atoms with Crippen LogP contribution in [0, 0.1) is 0 Å². The van der Waals surface area contributed by atoms with Crippen LogP contribution in [0.25, 0.3) is 0 Å². The first-order valence-corrected chi connectivity index (χ1v) is 10.4. The fourth-order valence-electron chi connectivity index (χ4n) is 3.47. The molecule has 32 heavy (non-hydrogen) atoms. The van der Waals surface area contributed by atoms with Gasteiger partial charge < -0.3 is 15.0 Å². The van der Waals surface area contributed by atoms with Gasteiger partial charge in [0.15, 0.2) is 6.61 Å². The first-order chi connectivity index (χ1) is 15.3. The summed E-state index contributed by atoms with van der Waals surface area (Å²) in [5.74, 6) is -0.0938. The van der Waals surface area contributed by atoms with Crippen molar-refractivity contribution in [3.8, 4) is 5.75 Å². The van der Waals surface area contributed by atoms with E-state index in [1.807, 2.05) is 23.1 Å². The molecule has 0 aromatic heterocycles. The number of carbonyl (C=O) groups excluding carboxylic acids is 2. The van der Waals surface area contributed by atoms with E-state index in [2.05, 4.69) is 5.32 Å². The molecule has 2 aromatic rings. The molecule has 0 spiro atoms. The molecule has 1 heterocycles. The van der Waals surface area contributed by atoms with Gasteiger partial charge in [-0.1, -0.05) is 30.3 Å². The van der Waals surface area contributed by atoms with Crippen LogP contribution >= 0.6 is 0 Å². The van der Waals surface area contributed by atoms with E-state index >= 15 is 0 Å². The predicted octanol–water partition coefficient (Wildman–Crippen LogP) is 3.09. The lowest BCUT2D eigenvalue weighted by atomic mass is 10.2. The van der Waals surface area contributed by atoms with Crippen molar-refractivity contribution in [2.24, 2.45) is 0 Å². The van der Waals surface area contributed by atoms with Gasteiger partial charge in [0.25, 0.3) is 5.91 Å². The summed E-state index contributed by atoms with van der Waals surface area (Å²) in [6.45, 7) is 1.49. The summed E-state index contributed by atoms with van der Waals surface area (Å²) >= 11 is 0. The zero-order valence-corrected chi connectivity index (χ0v) is 17.6. The molecule has 0 unspecified atom stereocenters. The molecular formula is C23H26F3N3O3. The van der Waals surface area contributed by atoms with Gasteiger partial charge in [0.05, 0.1) is 6.54 Å². The van der Waals surface area contributed by atoms with Crippen molar-refractivity contribution in [1.82, 2.24) is 15.1 Å². The average molecular weight is 449 g/mol. The van der Waals surface area contributed by atoms with Gasteiger partial charge in [-0.05, 0) is 36.2 Å². The highest BCUT2D eigenvalue weighted by Gasteiger charge is 2.28. The molecule has 1 saturated heterocycles.